The Kier molecular flexibility index (Phi) is 6.57. The number of fused-ring (bicyclic) bond motifs is 2. The normalized spacial score (nSPS) is 27.1. The molecule has 1 amide bonds. The van der Waals surface area contributed by atoms with Gasteiger partial charge in [-0.2, -0.15) is 0 Å². The average Bonchev–Trinajstić information content (AvgIpc) is 2.84. The smallest absolute Gasteiger partial charge is 0.292 e. The lowest BCUT2D eigenvalue weighted by Gasteiger charge is -2.43. The van der Waals surface area contributed by atoms with Gasteiger partial charge in [-0.05, 0) is 63.5 Å². The van der Waals surface area contributed by atoms with Gasteiger partial charge in [-0.3, -0.25) is 4.79 Å². The summed E-state index contributed by atoms with van der Waals surface area (Å²) in [7, 11) is 0. The number of carbonyl (C=O) groups excluding carboxylic acids is 1. The molecule has 34 heavy (non-hydrogen) atoms. The molecular weight excluding hydrogens is 426 g/mol. The van der Waals surface area contributed by atoms with E-state index in [9.17, 15) is 4.79 Å². The Bertz CT molecular complexity index is 1080. The Labute approximate surface area is 201 Å². The molecule has 4 atom stereocenters. The van der Waals surface area contributed by atoms with Crippen LogP contribution >= 0.6 is 0 Å². The van der Waals surface area contributed by atoms with E-state index >= 15 is 0 Å². The molecule has 2 aliphatic carbocycles. The van der Waals surface area contributed by atoms with Gasteiger partial charge in [0.25, 0.3) is 5.91 Å². The highest BCUT2D eigenvalue weighted by Crippen LogP contribution is 2.36. The van der Waals surface area contributed by atoms with Gasteiger partial charge in [0, 0.05) is 18.0 Å². The maximum atomic E-state index is 13.7. The van der Waals surface area contributed by atoms with Gasteiger partial charge in [0.15, 0.2) is 5.96 Å². The number of piperidine rings is 1. The van der Waals surface area contributed by atoms with Crippen molar-refractivity contribution in [2.75, 3.05) is 11.9 Å². The zero-order valence-corrected chi connectivity index (χ0v) is 20.2. The van der Waals surface area contributed by atoms with E-state index in [0.29, 0.717) is 23.6 Å². The molecule has 2 saturated carbocycles. The highest BCUT2D eigenvalue weighted by Gasteiger charge is 2.37. The quantitative estimate of drug-likeness (QED) is 0.469. The molecule has 5 N–H and O–H groups in total. The van der Waals surface area contributed by atoms with Gasteiger partial charge in [-0.15, -0.1) is 0 Å². The summed E-state index contributed by atoms with van der Waals surface area (Å²) in [6, 6.07) is 6.50. The number of guanidine groups is 1. The molecule has 8 heteroatoms. The molecule has 0 spiro atoms. The van der Waals surface area contributed by atoms with Crippen LogP contribution in [0.1, 0.15) is 80.4 Å². The summed E-state index contributed by atoms with van der Waals surface area (Å²) in [6.45, 7) is 2.86. The first kappa shape index (κ1) is 22.9. The van der Waals surface area contributed by atoms with Crippen LogP contribution in [0.3, 0.4) is 0 Å². The minimum atomic E-state index is -0.0356. The summed E-state index contributed by atoms with van der Waals surface area (Å²) in [5.74, 6) is 1.70. The highest BCUT2D eigenvalue weighted by molar-refractivity contribution is 5.97. The first-order valence-electron chi connectivity index (χ1n) is 12.9. The van der Waals surface area contributed by atoms with Crippen LogP contribution in [0.25, 0.3) is 10.9 Å². The fraction of sp³-hybridized carbons (Fsp3) is 0.615. The summed E-state index contributed by atoms with van der Waals surface area (Å²) in [6.07, 6.45) is 11.2. The standard InChI is InChI=1S/C26H37N7O/c1-16-12-13-19-18(15-16)23(30-20-9-3-4-10-21(20)31-26(27)28)32-24(29-19)25(34)33-14-6-8-17-7-2-5-11-22(17)33/h12-13,15,17,20-22H,2-11,14H2,1H3,(H4,27,28,31)(H,29,30,32). The molecule has 0 bridgehead atoms. The third-order valence-electron chi connectivity index (χ3n) is 7.91. The zero-order chi connectivity index (χ0) is 23.7. The van der Waals surface area contributed by atoms with E-state index in [1.165, 1.54) is 25.7 Å². The van der Waals surface area contributed by atoms with Crippen molar-refractivity contribution in [3.05, 3.63) is 29.6 Å². The molecule has 4 unspecified atom stereocenters. The number of aliphatic imine (C=N–C) groups is 1. The van der Waals surface area contributed by atoms with E-state index in [1.807, 2.05) is 12.1 Å². The molecule has 1 saturated heterocycles. The SMILES string of the molecule is Cc1ccc2nc(C(=O)N3CCCC4CCCCC43)nc(NC3CCCCC3N=C(N)N)c2c1. The van der Waals surface area contributed by atoms with Gasteiger partial charge in [-0.1, -0.05) is 37.3 Å². The van der Waals surface area contributed by atoms with Crippen molar-refractivity contribution in [2.24, 2.45) is 22.4 Å². The zero-order valence-electron chi connectivity index (χ0n) is 20.2. The first-order chi connectivity index (χ1) is 16.5. The van der Waals surface area contributed by atoms with Crippen molar-refractivity contribution in [1.29, 1.82) is 0 Å². The lowest BCUT2D eigenvalue weighted by Crippen LogP contribution is -2.50. The number of amides is 1. The molecule has 2 aromatic rings. The number of aromatic nitrogens is 2. The van der Waals surface area contributed by atoms with E-state index in [0.717, 1.165) is 61.5 Å². The molecule has 0 radical (unpaired) electrons. The minimum absolute atomic E-state index is 0.00202. The minimum Gasteiger partial charge on any atom is -0.370 e. The molecule has 3 aliphatic rings. The lowest BCUT2D eigenvalue weighted by molar-refractivity contribution is 0.0380. The number of carbonyl (C=O) groups is 1. The molecule has 1 aromatic heterocycles. The molecule has 8 nitrogen and oxygen atoms in total. The topological polar surface area (TPSA) is 123 Å². The Morgan fingerprint density at radius 2 is 1.79 bits per heavy atom. The third-order valence-corrected chi connectivity index (χ3v) is 7.91. The summed E-state index contributed by atoms with van der Waals surface area (Å²) < 4.78 is 0. The van der Waals surface area contributed by atoms with Crippen LogP contribution in [0, 0.1) is 12.8 Å². The van der Waals surface area contributed by atoms with E-state index in [1.54, 1.807) is 0 Å². The second-order valence-corrected chi connectivity index (χ2v) is 10.3. The van der Waals surface area contributed by atoms with E-state index in [-0.39, 0.29) is 24.0 Å². The van der Waals surface area contributed by atoms with Gasteiger partial charge in [0.2, 0.25) is 5.82 Å². The number of nitrogens with one attached hydrogen (secondary N) is 1. The van der Waals surface area contributed by atoms with E-state index < -0.39 is 0 Å². The Balaban J connectivity index is 1.49. The van der Waals surface area contributed by atoms with Gasteiger partial charge in [0.1, 0.15) is 5.82 Å². The van der Waals surface area contributed by atoms with Crippen LogP contribution in [0.15, 0.2) is 23.2 Å². The van der Waals surface area contributed by atoms with Crippen molar-refractivity contribution >= 4 is 28.6 Å². The maximum absolute atomic E-state index is 13.7. The fourth-order valence-corrected chi connectivity index (χ4v) is 6.25. The van der Waals surface area contributed by atoms with Gasteiger partial charge >= 0.3 is 0 Å². The monoisotopic (exact) mass is 463 g/mol. The number of hydrogen-bond acceptors (Lipinski definition) is 5. The highest BCUT2D eigenvalue weighted by atomic mass is 16.2. The number of hydrogen-bond donors (Lipinski definition) is 3. The number of aryl methyl sites for hydroxylation is 1. The van der Waals surface area contributed by atoms with Crippen molar-refractivity contribution in [1.82, 2.24) is 14.9 Å². The second-order valence-electron chi connectivity index (χ2n) is 10.3. The maximum Gasteiger partial charge on any atom is 0.292 e. The van der Waals surface area contributed by atoms with Crippen molar-refractivity contribution < 1.29 is 4.79 Å². The first-order valence-corrected chi connectivity index (χ1v) is 12.9. The van der Waals surface area contributed by atoms with E-state index in [2.05, 4.69) is 28.2 Å². The van der Waals surface area contributed by atoms with Crippen LogP contribution in [0.5, 0.6) is 0 Å². The average molecular weight is 464 g/mol. The van der Waals surface area contributed by atoms with Gasteiger partial charge in [-0.25, -0.2) is 15.0 Å². The van der Waals surface area contributed by atoms with Crippen LogP contribution in [0.2, 0.25) is 0 Å². The van der Waals surface area contributed by atoms with Crippen molar-refractivity contribution in [3.8, 4) is 0 Å². The Hall–Kier alpha value is -2.90. The Morgan fingerprint density at radius 3 is 2.65 bits per heavy atom. The Morgan fingerprint density at radius 1 is 1.03 bits per heavy atom. The number of likely N-dealkylation sites (tertiary alicyclic amines) is 1. The number of nitrogens with two attached hydrogens (primary N) is 2. The summed E-state index contributed by atoms with van der Waals surface area (Å²) >= 11 is 0. The second kappa shape index (κ2) is 9.76. The molecule has 2 heterocycles. The molecule has 3 fully saturated rings. The van der Waals surface area contributed by atoms with Gasteiger partial charge < -0.3 is 21.7 Å². The van der Waals surface area contributed by atoms with Crippen LogP contribution < -0.4 is 16.8 Å². The van der Waals surface area contributed by atoms with E-state index in [4.69, 9.17) is 21.4 Å². The van der Waals surface area contributed by atoms with Gasteiger partial charge in [0.05, 0.1) is 17.6 Å². The molecular formula is C26H37N7O. The summed E-state index contributed by atoms with van der Waals surface area (Å²) in [5.41, 5.74) is 13.3. The third kappa shape index (κ3) is 4.68. The van der Waals surface area contributed by atoms with Crippen molar-refractivity contribution in [3.63, 3.8) is 0 Å². The predicted octanol–water partition coefficient (Wildman–Crippen LogP) is 3.73. The van der Waals surface area contributed by atoms with Crippen molar-refractivity contribution in [2.45, 2.75) is 89.3 Å². The van der Waals surface area contributed by atoms with Crippen LogP contribution in [0.4, 0.5) is 5.82 Å². The predicted molar refractivity (Wildman–Crippen MR) is 136 cm³/mol. The summed E-state index contributed by atoms with van der Waals surface area (Å²) in [4.78, 5) is 29.9. The molecule has 1 aromatic carbocycles. The molecule has 182 valence electrons. The molecule has 5 rings (SSSR count). The van der Waals surface area contributed by atoms with Crippen LogP contribution in [-0.4, -0.2) is 51.4 Å². The number of benzene rings is 1. The molecule has 1 aliphatic heterocycles. The number of anilines is 1. The van der Waals surface area contributed by atoms with Crippen LogP contribution in [-0.2, 0) is 0 Å². The number of rotatable bonds is 4. The number of nitrogens with zero attached hydrogens (tertiary/aromatic N) is 4. The lowest BCUT2D eigenvalue weighted by atomic mass is 9.78. The fourth-order valence-electron chi connectivity index (χ4n) is 6.25. The summed E-state index contributed by atoms with van der Waals surface area (Å²) in [5, 5.41) is 4.55. The largest absolute Gasteiger partial charge is 0.370 e.